The van der Waals surface area contributed by atoms with Crippen LogP contribution in [-0.4, -0.2) is 198 Å². The predicted molar refractivity (Wildman–Crippen MR) is 303 cm³/mol. The number of urea groups is 1. The van der Waals surface area contributed by atoms with E-state index in [1.54, 1.807) is 42.5 Å². The van der Waals surface area contributed by atoms with Gasteiger partial charge in [0.05, 0.1) is 105 Å². The predicted octanol–water partition coefficient (Wildman–Crippen LogP) is 4.92. The summed E-state index contributed by atoms with van der Waals surface area (Å²) in [6.07, 6.45) is 4.88. The highest BCUT2D eigenvalue weighted by atomic mass is 32.2. The van der Waals surface area contributed by atoms with Gasteiger partial charge in [0.15, 0.2) is 13.2 Å². The second-order valence-corrected chi connectivity index (χ2v) is 22.8. The van der Waals surface area contributed by atoms with Gasteiger partial charge in [-0.3, -0.25) is 19.2 Å². The minimum atomic E-state index is -0.397. The van der Waals surface area contributed by atoms with Gasteiger partial charge in [-0.1, -0.05) is 60.1 Å². The van der Waals surface area contributed by atoms with E-state index in [-0.39, 0.29) is 97.4 Å². The van der Waals surface area contributed by atoms with Crippen molar-refractivity contribution in [3.63, 3.8) is 0 Å². The molecule has 22 heteroatoms. The zero-order chi connectivity index (χ0) is 57.0. The quantitative estimate of drug-likeness (QED) is 0.0381. The highest BCUT2D eigenvalue weighted by Gasteiger charge is 2.42. The summed E-state index contributed by atoms with van der Waals surface area (Å²) < 4.78 is 56.1. The van der Waals surface area contributed by atoms with Crippen molar-refractivity contribution in [1.82, 2.24) is 31.9 Å². The molecule has 2 fully saturated rings. The van der Waals surface area contributed by atoms with E-state index in [0.29, 0.717) is 122 Å². The van der Waals surface area contributed by atoms with Gasteiger partial charge in [-0.15, -0.1) is 0 Å². The van der Waals surface area contributed by atoms with Crippen LogP contribution in [0.2, 0.25) is 0 Å². The molecule has 0 radical (unpaired) electrons. The van der Waals surface area contributed by atoms with Crippen molar-refractivity contribution in [3.05, 3.63) is 48.0 Å². The zero-order valence-corrected chi connectivity index (χ0v) is 48.6. The fourth-order valence-electron chi connectivity index (χ4n) is 7.77. The van der Waals surface area contributed by atoms with Gasteiger partial charge in [0.25, 0.3) is 17.7 Å². The SMILES string of the molecule is CC(C)(C)CCOCCOCCOCCOCCNC(=O)COc1ccc(-c2cc(OCC(=O)NCCOCCOCCOCCOCCC(C)(C)C)cc(C(=O)NCCNC(=O)CCCC[C@@H]3SC[C@@H]4NC(=O)N[C@@H]43)c2)cc1. The molecule has 0 bridgehead atoms. The van der Waals surface area contributed by atoms with Crippen molar-refractivity contribution >= 4 is 41.4 Å². The van der Waals surface area contributed by atoms with Crippen LogP contribution in [0.5, 0.6) is 11.5 Å². The Morgan fingerprint density at radius 2 is 0.987 bits per heavy atom. The number of ether oxygens (including phenoxy) is 10. The molecule has 0 aromatic heterocycles. The molecule has 6 N–H and O–H groups in total. The number of amides is 6. The molecular formula is C57H92N6O15S. The molecule has 0 aliphatic carbocycles. The van der Waals surface area contributed by atoms with Crippen LogP contribution in [0.25, 0.3) is 11.1 Å². The Balaban J connectivity index is 1.14. The summed E-state index contributed by atoms with van der Waals surface area (Å²) in [5, 5.41) is 17.6. The molecule has 2 aromatic rings. The molecule has 6 amide bonds. The number of hydrogen-bond acceptors (Lipinski definition) is 16. The van der Waals surface area contributed by atoms with Crippen LogP contribution in [0.1, 0.15) is 90.4 Å². The van der Waals surface area contributed by atoms with E-state index in [1.807, 2.05) is 11.8 Å². The smallest absolute Gasteiger partial charge is 0.315 e. The van der Waals surface area contributed by atoms with Gasteiger partial charge in [-0.2, -0.15) is 11.8 Å². The molecule has 2 aliphatic heterocycles. The largest absolute Gasteiger partial charge is 0.484 e. The summed E-state index contributed by atoms with van der Waals surface area (Å²) in [5.41, 5.74) is 2.14. The lowest BCUT2D eigenvalue weighted by Gasteiger charge is -2.17. The van der Waals surface area contributed by atoms with E-state index < -0.39 is 5.91 Å². The van der Waals surface area contributed by atoms with Gasteiger partial charge in [-0.25, -0.2) is 4.79 Å². The van der Waals surface area contributed by atoms with Crippen LogP contribution in [0.15, 0.2) is 42.5 Å². The first-order chi connectivity index (χ1) is 38.0. The summed E-state index contributed by atoms with van der Waals surface area (Å²) in [4.78, 5) is 63.1. The summed E-state index contributed by atoms with van der Waals surface area (Å²) in [6.45, 7) is 21.2. The van der Waals surface area contributed by atoms with Gasteiger partial charge in [-0.05, 0) is 78.0 Å². The van der Waals surface area contributed by atoms with Crippen LogP contribution in [0, 0.1) is 10.8 Å². The highest BCUT2D eigenvalue weighted by molar-refractivity contribution is 8.00. The standard InChI is InChI=1S/C57H92N6O15S/c1-56(2,3)15-21-69-25-29-73-33-35-75-31-27-71-23-19-59-51(65)40-77-46-13-11-43(12-14-46)44-37-45(54(67)61-18-17-58-50(64)10-8-7-9-49-53-48(42-79-49)62-55(68)63-53)39-47(38-44)78-41-52(66)60-20-24-72-28-32-76-36-34-74-30-26-70-22-16-57(4,5)6/h11-14,37-39,48-49,53H,7-10,15-36,40-42H2,1-6H3,(H,58,64)(H,59,65)(H,60,66)(H,61,67)(H2,62,63,68)/t48-,49-,53-/m0/s1. The summed E-state index contributed by atoms with van der Waals surface area (Å²) in [7, 11) is 0. The molecule has 2 saturated heterocycles. The number of benzene rings is 2. The Morgan fingerprint density at radius 1 is 0.519 bits per heavy atom. The molecular weight excluding hydrogens is 1040 g/mol. The van der Waals surface area contributed by atoms with Crippen LogP contribution >= 0.6 is 11.8 Å². The van der Waals surface area contributed by atoms with E-state index in [2.05, 4.69) is 73.4 Å². The molecule has 4 rings (SSSR count). The number of rotatable bonds is 44. The van der Waals surface area contributed by atoms with Crippen molar-refractivity contribution in [1.29, 1.82) is 0 Å². The molecule has 79 heavy (non-hydrogen) atoms. The normalized spacial score (nSPS) is 16.0. The Bertz CT molecular complexity index is 2060. The van der Waals surface area contributed by atoms with Crippen molar-refractivity contribution in [2.45, 2.75) is 97.4 Å². The Labute approximate surface area is 472 Å². The third-order valence-electron chi connectivity index (χ3n) is 12.3. The lowest BCUT2D eigenvalue weighted by Crippen LogP contribution is -2.36. The van der Waals surface area contributed by atoms with Gasteiger partial charge < -0.3 is 79.3 Å². The third-order valence-corrected chi connectivity index (χ3v) is 13.8. The number of hydrogen-bond donors (Lipinski definition) is 6. The van der Waals surface area contributed by atoms with Gasteiger partial charge in [0.1, 0.15) is 11.5 Å². The number of carbonyl (C=O) groups is 5. The average Bonchev–Trinajstić information content (AvgIpc) is 4.02. The van der Waals surface area contributed by atoms with E-state index >= 15 is 0 Å². The van der Waals surface area contributed by atoms with Gasteiger partial charge >= 0.3 is 6.03 Å². The van der Waals surface area contributed by atoms with Crippen molar-refractivity contribution in [3.8, 4) is 22.6 Å². The second kappa shape index (κ2) is 38.8. The van der Waals surface area contributed by atoms with Crippen molar-refractivity contribution < 1.29 is 71.3 Å². The molecule has 3 atom stereocenters. The lowest BCUT2D eigenvalue weighted by atomic mass is 9.93. The monoisotopic (exact) mass is 1130 g/mol. The first-order valence-electron chi connectivity index (χ1n) is 27.9. The zero-order valence-electron chi connectivity index (χ0n) is 47.8. The molecule has 446 valence electrons. The van der Waals surface area contributed by atoms with Crippen molar-refractivity contribution in [2.75, 3.05) is 151 Å². The highest BCUT2D eigenvalue weighted by Crippen LogP contribution is 2.33. The minimum Gasteiger partial charge on any atom is -0.484 e. The Hall–Kier alpha value is -4.78. The van der Waals surface area contributed by atoms with E-state index in [0.717, 1.165) is 50.0 Å². The van der Waals surface area contributed by atoms with Gasteiger partial charge in [0.2, 0.25) is 5.91 Å². The third kappa shape index (κ3) is 31.7. The fourth-order valence-corrected chi connectivity index (χ4v) is 9.32. The first kappa shape index (κ1) is 66.7. The second-order valence-electron chi connectivity index (χ2n) is 21.5. The molecule has 21 nitrogen and oxygen atoms in total. The van der Waals surface area contributed by atoms with E-state index in [1.165, 1.54) is 0 Å². The Kier molecular flexibility index (Phi) is 32.8. The Morgan fingerprint density at radius 3 is 1.51 bits per heavy atom. The maximum atomic E-state index is 13.5. The van der Waals surface area contributed by atoms with Crippen LogP contribution < -0.4 is 41.4 Å². The molecule has 2 heterocycles. The number of fused-ring (bicyclic) bond motifs is 1. The molecule has 2 aliphatic rings. The number of unbranched alkanes of at least 4 members (excludes halogenated alkanes) is 1. The number of carbonyl (C=O) groups excluding carboxylic acids is 5. The maximum Gasteiger partial charge on any atom is 0.315 e. The summed E-state index contributed by atoms with van der Waals surface area (Å²) >= 11 is 1.85. The molecule has 2 aromatic carbocycles. The molecule has 0 saturated carbocycles. The molecule has 0 unspecified atom stereocenters. The van der Waals surface area contributed by atoms with Crippen LogP contribution in [0.3, 0.4) is 0 Å². The average molecular weight is 1130 g/mol. The first-order valence-corrected chi connectivity index (χ1v) is 29.0. The summed E-state index contributed by atoms with van der Waals surface area (Å²) in [6, 6.07) is 12.2. The number of thioether (sulfide) groups is 1. The minimum absolute atomic E-state index is 0.0999. The topological polar surface area (TPSA) is 250 Å². The summed E-state index contributed by atoms with van der Waals surface area (Å²) in [5.74, 6) is 0.467. The maximum absolute atomic E-state index is 13.5. The lowest BCUT2D eigenvalue weighted by molar-refractivity contribution is -0.124. The number of nitrogens with one attached hydrogen (secondary N) is 6. The van der Waals surface area contributed by atoms with Crippen LogP contribution in [-0.2, 0) is 52.3 Å². The van der Waals surface area contributed by atoms with Crippen LogP contribution in [0.4, 0.5) is 4.79 Å². The van der Waals surface area contributed by atoms with E-state index in [9.17, 15) is 24.0 Å². The fraction of sp³-hybridized carbons (Fsp3) is 0.702. The van der Waals surface area contributed by atoms with Crippen molar-refractivity contribution in [2.24, 2.45) is 10.8 Å². The van der Waals surface area contributed by atoms with Gasteiger partial charge in [0, 0.05) is 62.4 Å². The molecule has 0 spiro atoms. The van der Waals surface area contributed by atoms with E-state index in [4.69, 9.17) is 47.4 Å².